The summed E-state index contributed by atoms with van der Waals surface area (Å²) in [4.78, 5) is 19.7. The van der Waals surface area contributed by atoms with E-state index >= 15 is 0 Å². The van der Waals surface area contributed by atoms with Gasteiger partial charge >= 0.3 is 0 Å². The first-order valence-corrected chi connectivity index (χ1v) is 11.1. The predicted molar refractivity (Wildman–Crippen MR) is 135 cm³/mol. The normalized spacial score (nSPS) is 13.3. The number of benzene rings is 2. The molecule has 2 heterocycles. The van der Waals surface area contributed by atoms with E-state index in [1.54, 1.807) is 31.0 Å². The fourth-order valence-electron chi connectivity index (χ4n) is 4.13. The number of hydrogen-bond acceptors (Lipinski definition) is 5. The van der Waals surface area contributed by atoms with Gasteiger partial charge in [0.15, 0.2) is 17.3 Å². The Bertz CT molecular complexity index is 1260. The van der Waals surface area contributed by atoms with Crippen LogP contribution in [0, 0.1) is 0 Å². The van der Waals surface area contributed by atoms with Crippen LogP contribution in [0.3, 0.4) is 0 Å². The van der Waals surface area contributed by atoms with Gasteiger partial charge in [-0.25, -0.2) is 9.66 Å². The maximum Gasteiger partial charge on any atom is 0.246 e. The zero-order chi connectivity index (χ0) is 24.1. The summed E-state index contributed by atoms with van der Waals surface area (Å²) in [6, 6.07) is 13.8. The van der Waals surface area contributed by atoms with E-state index in [0.717, 1.165) is 23.2 Å². The second-order valence-corrected chi connectivity index (χ2v) is 7.84. The van der Waals surface area contributed by atoms with Crippen LogP contribution in [0.2, 0.25) is 0 Å². The van der Waals surface area contributed by atoms with E-state index in [1.807, 2.05) is 66.4 Å². The smallest absolute Gasteiger partial charge is 0.246 e. The number of hydrogen-bond donors (Lipinski definition) is 0. The van der Waals surface area contributed by atoms with Crippen molar-refractivity contribution in [2.45, 2.75) is 19.9 Å². The minimum atomic E-state index is -0.0798. The van der Waals surface area contributed by atoms with Gasteiger partial charge in [0.2, 0.25) is 5.91 Å². The molecule has 4 rings (SSSR count). The monoisotopic (exact) mass is 456 g/mol. The summed E-state index contributed by atoms with van der Waals surface area (Å²) in [5, 5.41) is 4.14. The Labute approximate surface area is 199 Å². The number of nitrogens with zero attached hydrogens (tertiary/aromatic N) is 4. The Kier molecular flexibility index (Phi) is 6.92. The average Bonchev–Trinajstić information content (AvgIpc) is 3.23. The van der Waals surface area contributed by atoms with Gasteiger partial charge in [-0.05, 0) is 48.8 Å². The van der Waals surface area contributed by atoms with E-state index in [9.17, 15) is 4.79 Å². The molecule has 2 aromatic carbocycles. The Hall–Kier alpha value is -4.13. The fourth-order valence-corrected chi connectivity index (χ4v) is 4.13. The third-order valence-electron chi connectivity index (χ3n) is 5.83. The molecule has 0 saturated carbocycles. The highest BCUT2D eigenvalue weighted by atomic mass is 16.5. The lowest BCUT2D eigenvalue weighted by atomic mass is 9.98. The summed E-state index contributed by atoms with van der Waals surface area (Å²) in [7, 11) is 3.24. The van der Waals surface area contributed by atoms with Gasteiger partial charge in [-0.1, -0.05) is 36.4 Å². The lowest BCUT2D eigenvalue weighted by Gasteiger charge is -2.28. The summed E-state index contributed by atoms with van der Waals surface area (Å²) in [6.07, 6.45) is 7.86. The summed E-state index contributed by atoms with van der Waals surface area (Å²) < 4.78 is 12.5. The van der Waals surface area contributed by atoms with Gasteiger partial charge in [0.25, 0.3) is 0 Å². The summed E-state index contributed by atoms with van der Waals surface area (Å²) >= 11 is 0. The van der Waals surface area contributed by atoms with Gasteiger partial charge in [-0.3, -0.25) is 4.79 Å². The molecule has 0 spiro atoms. The number of carbonyl (C=O) groups excluding carboxylic acids is 1. The molecular formula is C27H28N4O3. The zero-order valence-corrected chi connectivity index (χ0v) is 19.7. The minimum absolute atomic E-state index is 0.0798. The van der Waals surface area contributed by atoms with Crippen molar-refractivity contribution in [3.05, 3.63) is 77.3 Å². The van der Waals surface area contributed by atoms with E-state index in [2.05, 4.69) is 11.8 Å². The summed E-state index contributed by atoms with van der Waals surface area (Å²) in [5.74, 6) is 1.94. The molecule has 0 radical (unpaired) electrons. The van der Waals surface area contributed by atoms with Crippen LogP contribution in [0.25, 0.3) is 23.4 Å². The molecule has 34 heavy (non-hydrogen) atoms. The molecule has 1 aromatic heterocycles. The molecule has 174 valence electrons. The molecular weight excluding hydrogens is 428 g/mol. The van der Waals surface area contributed by atoms with Gasteiger partial charge < -0.3 is 14.4 Å². The second kappa shape index (κ2) is 10.2. The molecule has 1 amide bonds. The summed E-state index contributed by atoms with van der Waals surface area (Å²) in [6.45, 7) is 6.75. The van der Waals surface area contributed by atoms with Crippen molar-refractivity contribution >= 4 is 24.8 Å². The lowest BCUT2D eigenvalue weighted by Crippen LogP contribution is -2.34. The molecule has 0 saturated heterocycles. The maximum atomic E-state index is 13.1. The van der Waals surface area contributed by atoms with Gasteiger partial charge in [0, 0.05) is 31.4 Å². The molecule has 1 aliphatic heterocycles. The van der Waals surface area contributed by atoms with Crippen LogP contribution in [0.1, 0.15) is 29.6 Å². The number of allylic oxidation sites excluding steroid dienone is 1. The van der Waals surface area contributed by atoms with E-state index in [0.29, 0.717) is 36.1 Å². The van der Waals surface area contributed by atoms with E-state index in [-0.39, 0.29) is 5.91 Å². The van der Waals surface area contributed by atoms with Gasteiger partial charge in [-0.15, -0.1) is 0 Å². The highest BCUT2D eigenvalue weighted by Gasteiger charge is 2.22. The van der Waals surface area contributed by atoms with Crippen molar-refractivity contribution < 1.29 is 14.3 Å². The molecule has 7 nitrogen and oxygen atoms in total. The van der Waals surface area contributed by atoms with Crippen molar-refractivity contribution in [1.82, 2.24) is 14.6 Å². The van der Waals surface area contributed by atoms with E-state index in [4.69, 9.17) is 14.5 Å². The number of methoxy groups -OCH3 is 2. The number of aromatic nitrogens is 2. The Balaban J connectivity index is 1.63. The quantitative estimate of drug-likeness (QED) is 0.383. The number of carbonyl (C=O) groups is 1. The molecule has 0 fully saturated rings. The van der Waals surface area contributed by atoms with Crippen LogP contribution in [0.15, 0.2) is 59.7 Å². The highest BCUT2D eigenvalue weighted by molar-refractivity contribution is 5.93. The topological polar surface area (TPSA) is 69.0 Å². The molecule has 7 heteroatoms. The predicted octanol–water partition coefficient (Wildman–Crippen LogP) is 4.66. The number of amides is 1. The van der Waals surface area contributed by atoms with Crippen molar-refractivity contribution in [1.29, 1.82) is 0 Å². The van der Waals surface area contributed by atoms with Crippen molar-refractivity contribution in [2.75, 3.05) is 20.8 Å². The number of rotatable bonds is 7. The van der Waals surface area contributed by atoms with Crippen LogP contribution in [0.5, 0.6) is 11.5 Å². The SMILES string of the molecule is C=Nn1c(/C=C\C)nc(-c2ccccc2)c1/C=C/C(=O)N1CCc2cc(OC)c(OC)cc2C1. The first-order chi connectivity index (χ1) is 16.6. The zero-order valence-electron chi connectivity index (χ0n) is 19.7. The largest absolute Gasteiger partial charge is 0.493 e. The summed E-state index contributed by atoms with van der Waals surface area (Å²) in [5.41, 5.74) is 4.61. The van der Waals surface area contributed by atoms with Crippen molar-refractivity contribution in [3.8, 4) is 22.8 Å². The minimum Gasteiger partial charge on any atom is -0.493 e. The molecule has 0 atom stereocenters. The third-order valence-corrected chi connectivity index (χ3v) is 5.83. The van der Waals surface area contributed by atoms with Gasteiger partial charge in [0.1, 0.15) is 0 Å². The van der Waals surface area contributed by atoms with Crippen molar-refractivity contribution in [2.24, 2.45) is 5.10 Å². The standard InChI is InChI=1S/C27H28N4O3/c1-5-9-25-29-27(19-10-7-6-8-11-19)22(31(25)28-2)12-13-26(32)30-15-14-20-16-23(33-3)24(34-4)17-21(20)18-30/h5-13,16-17H,2,14-15,18H2,1,3-4H3/b9-5-,13-12+. The first kappa shape index (κ1) is 23.0. The first-order valence-electron chi connectivity index (χ1n) is 11.1. The van der Waals surface area contributed by atoms with Crippen LogP contribution in [0.4, 0.5) is 0 Å². The number of imidazole rings is 1. The molecule has 0 aliphatic carbocycles. The maximum absolute atomic E-state index is 13.1. The van der Waals surface area contributed by atoms with Gasteiger partial charge in [-0.2, -0.15) is 5.10 Å². The second-order valence-electron chi connectivity index (χ2n) is 7.84. The van der Waals surface area contributed by atoms with Crippen LogP contribution in [-0.2, 0) is 17.8 Å². The number of ether oxygens (including phenoxy) is 2. The van der Waals surface area contributed by atoms with Crippen LogP contribution in [-0.4, -0.2) is 47.9 Å². The highest BCUT2D eigenvalue weighted by Crippen LogP contribution is 2.33. The Morgan fingerprint density at radius 1 is 1.09 bits per heavy atom. The molecule has 1 aliphatic rings. The van der Waals surface area contributed by atoms with Crippen LogP contribution < -0.4 is 9.47 Å². The molecule has 0 unspecified atom stereocenters. The van der Waals surface area contributed by atoms with E-state index in [1.165, 1.54) is 5.56 Å². The Morgan fingerprint density at radius 3 is 2.44 bits per heavy atom. The lowest BCUT2D eigenvalue weighted by molar-refractivity contribution is -0.126. The average molecular weight is 457 g/mol. The molecule has 3 aromatic rings. The molecule has 0 bridgehead atoms. The third kappa shape index (κ3) is 4.50. The van der Waals surface area contributed by atoms with E-state index < -0.39 is 0 Å². The van der Waals surface area contributed by atoms with Crippen molar-refractivity contribution in [3.63, 3.8) is 0 Å². The fraction of sp³-hybridized carbons (Fsp3) is 0.222. The van der Waals surface area contributed by atoms with Gasteiger partial charge in [0.05, 0.1) is 25.6 Å². The molecule has 0 N–H and O–H groups in total. The van der Waals surface area contributed by atoms with Crippen LogP contribution >= 0.6 is 0 Å². The number of fused-ring (bicyclic) bond motifs is 1. The Morgan fingerprint density at radius 2 is 1.79 bits per heavy atom.